The maximum absolute atomic E-state index is 12.7. The number of hydrogen-bond acceptors (Lipinski definition) is 5. The van der Waals surface area contributed by atoms with E-state index < -0.39 is 0 Å². The Morgan fingerprint density at radius 1 is 1.11 bits per heavy atom. The lowest BCUT2D eigenvalue weighted by Crippen LogP contribution is -2.23. The number of carbonyl (C=O) groups is 1. The summed E-state index contributed by atoms with van der Waals surface area (Å²) in [5.41, 5.74) is 3.96. The molecule has 0 spiro atoms. The van der Waals surface area contributed by atoms with Crippen LogP contribution < -0.4 is 5.32 Å². The van der Waals surface area contributed by atoms with E-state index in [-0.39, 0.29) is 11.2 Å². The highest BCUT2D eigenvalue weighted by molar-refractivity contribution is 8.00. The highest BCUT2D eigenvalue weighted by atomic mass is 32.2. The monoisotopic (exact) mass is 381 g/mol. The van der Waals surface area contributed by atoms with Crippen LogP contribution in [0.25, 0.3) is 5.69 Å². The van der Waals surface area contributed by atoms with Crippen LogP contribution in [0.1, 0.15) is 37.8 Å². The van der Waals surface area contributed by atoms with E-state index in [1.807, 2.05) is 62.4 Å². The van der Waals surface area contributed by atoms with Crippen LogP contribution in [-0.4, -0.2) is 31.4 Å². The number of benzene rings is 2. The molecular formula is C20H23N5OS. The van der Waals surface area contributed by atoms with Crippen LogP contribution in [0.3, 0.4) is 0 Å². The molecule has 0 aliphatic heterocycles. The highest BCUT2D eigenvalue weighted by Crippen LogP contribution is 2.27. The Kier molecular flexibility index (Phi) is 5.91. The Balaban J connectivity index is 1.74. The van der Waals surface area contributed by atoms with Crippen molar-refractivity contribution in [1.82, 2.24) is 20.2 Å². The number of nitrogens with one attached hydrogen (secondary N) is 1. The zero-order valence-electron chi connectivity index (χ0n) is 15.9. The van der Waals surface area contributed by atoms with Crippen LogP contribution in [-0.2, 0) is 4.79 Å². The first-order valence-electron chi connectivity index (χ1n) is 8.87. The number of rotatable bonds is 6. The van der Waals surface area contributed by atoms with Gasteiger partial charge in [0.25, 0.3) is 0 Å². The first-order chi connectivity index (χ1) is 13.0. The van der Waals surface area contributed by atoms with Gasteiger partial charge in [-0.05, 0) is 59.5 Å². The van der Waals surface area contributed by atoms with Crippen molar-refractivity contribution in [1.29, 1.82) is 0 Å². The molecule has 1 atom stereocenters. The molecule has 3 rings (SSSR count). The fourth-order valence-electron chi connectivity index (χ4n) is 2.73. The maximum Gasteiger partial charge on any atom is 0.237 e. The smallest absolute Gasteiger partial charge is 0.237 e. The normalized spacial score (nSPS) is 12.2. The molecule has 0 bridgehead atoms. The van der Waals surface area contributed by atoms with Crippen molar-refractivity contribution in [2.45, 2.75) is 44.0 Å². The molecule has 140 valence electrons. The summed E-state index contributed by atoms with van der Waals surface area (Å²) in [4.78, 5) is 12.7. The molecular weight excluding hydrogens is 358 g/mol. The van der Waals surface area contributed by atoms with Crippen molar-refractivity contribution in [3.05, 3.63) is 59.7 Å². The number of aromatic nitrogens is 4. The quantitative estimate of drug-likeness (QED) is 0.648. The van der Waals surface area contributed by atoms with Gasteiger partial charge in [0.15, 0.2) is 0 Å². The number of nitrogens with zero attached hydrogens (tertiary/aromatic N) is 4. The fraction of sp³-hybridized carbons (Fsp3) is 0.300. The second kappa shape index (κ2) is 8.35. The summed E-state index contributed by atoms with van der Waals surface area (Å²) in [7, 11) is 0. The Morgan fingerprint density at radius 2 is 1.89 bits per heavy atom. The molecule has 2 aromatic carbocycles. The summed E-state index contributed by atoms with van der Waals surface area (Å²) in [6.45, 7) is 8.09. The number of tetrazole rings is 1. The van der Waals surface area contributed by atoms with Crippen molar-refractivity contribution in [2.24, 2.45) is 0 Å². The number of para-hydroxylation sites is 1. The van der Waals surface area contributed by atoms with E-state index in [4.69, 9.17) is 0 Å². The number of carbonyl (C=O) groups excluding carboxylic acids is 1. The summed E-state index contributed by atoms with van der Waals surface area (Å²) in [5, 5.41) is 15.2. The van der Waals surface area contributed by atoms with E-state index in [9.17, 15) is 4.79 Å². The third kappa shape index (κ3) is 4.54. The second-order valence-electron chi connectivity index (χ2n) is 6.70. The maximum atomic E-state index is 12.7. The van der Waals surface area contributed by atoms with E-state index in [1.165, 1.54) is 11.8 Å². The molecule has 0 radical (unpaired) electrons. The molecule has 1 heterocycles. The van der Waals surface area contributed by atoms with Crippen molar-refractivity contribution in [2.75, 3.05) is 5.32 Å². The standard InChI is InChI=1S/C20H23N5OS/c1-13(2)17-10-5-6-11-18(17)21-19(26)15(4)27-20-22-23-24-25(20)16-9-7-8-14(3)12-16/h5-13,15H,1-4H3,(H,21,26). The third-order valence-corrected chi connectivity index (χ3v) is 5.21. The minimum Gasteiger partial charge on any atom is -0.325 e. The zero-order chi connectivity index (χ0) is 19.4. The van der Waals surface area contributed by atoms with Crippen LogP contribution in [0.5, 0.6) is 0 Å². The zero-order valence-corrected chi connectivity index (χ0v) is 16.7. The van der Waals surface area contributed by atoms with Crippen LogP contribution in [0.2, 0.25) is 0 Å². The minimum absolute atomic E-state index is 0.0770. The lowest BCUT2D eigenvalue weighted by Gasteiger charge is -2.16. The summed E-state index contributed by atoms with van der Waals surface area (Å²) in [5.74, 6) is 0.255. The van der Waals surface area contributed by atoms with Gasteiger partial charge in [-0.15, -0.1) is 5.10 Å². The van der Waals surface area contributed by atoms with Gasteiger partial charge in [-0.3, -0.25) is 4.79 Å². The fourth-order valence-corrected chi connectivity index (χ4v) is 3.54. The molecule has 3 aromatic rings. The van der Waals surface area contributed by atoms with Gasteiger partial charge in [0.2, 0.25) is 11.1 Å². The second-order valence-corrected chi connectivity index (χ2v) is 8.01. The van der Waals surface area contributed by atoms with Crippen LogP contribution in [0, 0.1) is 6.92 Å². The van der Waals surface area contributed by atoms with Gasteiger partial charge in [-0.1, -0.05) is 55.9 Å². The molecule has 0 aliphatic rings. The first kappa shape index (κ1) is 19.1. The number of hydrogen-bond donors (Lipinski definition) is 1. The average molecular weight is 382 g/mol. The lowest BCUT2D eigenvalue weighted by molar-refractivity contribution is -0.115. The van der Waals surface area contributed by atoms with Crippen molar-refractivity contribution < 1.29 is 4.79 Å². The summed E-state index contributed by atoms with van der Waals surface area (Å²) in [6.07, 6.45) is 0. The van der Waals surface area contributed by atoms with Crippen LogP contribution >= 0.6 is 11.8 Å². The lowest BCUT2D eigenvalue weighted by atomic mass is 10.0. The topological polar surface area (TPSA) is 72.7 Å². The number of amides is 1. The van der Waals surface area contributed by atoms with E-state index >= 15 is 0 Å². The molecule has 1 unspecified atom stereocenters. The minimum atomic E-state index is -0.347. The Bertz CT molecular complexity index is 937. The van der Waals surface area contributed by atoms with E-state index in [0.29, 0.717) is 11.1 Å². The van der Waals surface area contributed by atoms with Gasteiger partial charge in [0.1, 0.15) is 0 Å². The molecule has 0 saturated heterocycles. The SMILES string of the molecule is Cc1cccc(-n2nnnc2SC(C)C(=O)Nc2ccccc2C(C)C)c1. The third-order valence-electron chi connectivity index (χ3n) is 4.18. The molecule has 6 nitrogen and oxygen atoms in total. The first-order valence-corrected chi connectivity index (χ1v) is 9.75. The van der Waals surface area contributed by atoms with Crippen molar-refractivity contribution in [3.63, 3.8) is 0 Å². The molecule has 1 aromatic heterocycles. The molecule has 0 saturated carbocycles. The number of thioether (sulfide) groups is 1. The Hall–Kier alpha value is -2.67. The van der Waals surface area contributed by atoms with E-state index in [2.05, 4.69) is 34.7 Å². The molecule has 27 heavy (non-hydrogen) atoms. The predicted octanol–water partition coefficient (Wildman–Crippen LogP) is 4.21. The molecule has 1 amide bonds. The molecule has 1 N–H and O–H groups in total. The van der Waals surface area contributed by atoms with Crippen LogP contribution in [0.4, 0.5) is 5.69 Å². The van der Waals surface area contributed by atoms with Crippen molar-refractivity contribution in [3.8, 4) is 5.69 Å². The van der Waals surface area contributed by atoms with Crippen molar-refractivity contribution >= 4 is 23.4 Å². The van der Waals surface area contributed by atoms with Gasteiger partial charge in [0.05, 0.1) is 10.9 Å². The molecule has 7 heteroatoms. The number of aryl methyl sites for hydroxylation is 1. The molecule has 0 fully saturated rings. The Labute approximate surface area is 163 Å². The number of anilines is 1. The largest absolute Gasteiger partial charge is 0.325 e. The summed E-state index contributed by atoms with van der Waals surface area (Å²) >= 11 is 1.33. The summed E-state index contributed by atoms with van der Waals surface area (Å²) in [6, 6.07) is 15.8. The van der Waals surface area contributed by atoms with Crippen LogP contribution in [0.15, 0.2) is 53.7 Å². The van der Waals surface area contributed by atoms with E-state index in [1.54, 1.807) is 4.68 Å². The predicted molar refractivity (Wildman–Crippen MR) is 108 cm³/mol. The van der Waals surface area contributed by atoms with Gasteiger partial charge >= 0.3 is 0 Å². The Morgan fingerprint density at radius 3 is 2.63 bits per heavy atom. The highest BCUT2D eigenvalue weighted by Gasteiger charge is 2.20. The average Bonchev–Trinajstić information content (AvgIpc) is 3.10. The van der Waals surface area contributed by atoms with E-state index in [0.717, 1.165) is 22.5 Å². The van der Waals surface area contributed by atoms with Gasteiger partial charge in [-0.25, -0.2) is 0 Å². The molecule has 0 aliphatic carbocycles. The summed E-state index contributed by atoms with van der Waals surface area (Å²) < 4.78 is 1.66. The van der Waals surface area contributed by atoms with Gasteiger partial charge in [0, 0.05) is 5.69 Å². The van der Waals surface area contributed by atoms with Gasteiger partial charge in [-0.2, -0.15) is 4.68 Å². The van der Waals surface area contributed by atoms with Gasteiger partial charge < -0.3 is 5.32 Å².